The molecular weight excluding hydrogens is 274 g/mol. The first-order valence-corrected chi connectivity index (χ1v) is 6.30. The van der Waals surface area contributed by atoms with Gasteiger partial charge in [0.2, 0.25) is 0 Å². The van der Waals surface area contributed by atoms with Gasteiger partial charge in [0, 0.05) is 5.56 Å². The number of alkyl halides is 1. The molecule has 0 heterocycles. The molecule has 0 unspecified atom stereocenters. The first-order valence-electron chi connectivity index (χ1n) is 5.39. The van der Waals surface area contributed by atoms with Crippen molar-refractivity contribution in [2.75, 3.05) is 0 Å². The zero-order valence-corrected chi connectivity index (χ0v) is 11.2. The van der Waals surface area contributed by atoms with Gasteiger partial charge in [0.1, 0.15) is 5.75 Å². The second-order valence-corrected chi connectivity index (χ2v) is 4.57. The summed E-state index contributed by atoms with van der Waals surface area (Å²) in [6.07, 6.45) is 0. The fraction of sp³-hybridized carbons (Fsp3) is 0.143. The Morgan fingerprint density at radius 3 is 2.72 bits per heavy atom. The number of hydrogen-bond donors (Lipinski definition) is 0. The van der Waals surface area contributed by atoms with Gasteiger partial charge in [-0.2, -0.15) is 0 Å². The largest absolute Gasteiger partial charge is 0.452 e. The van der Waals surface area contributed by atoms with E-state index in [0.29, 0.717) is 16.3 Å². The predicted octanol–water partition coefficient (Wildman–Crippen LogP) is 5.32. The van der Waals surface area contributed by atoms with E-state index in [1.54, 1.807) is 24.3 Å². The zero-order valence-electron chi connectivity index (χ0n) is 9.71. The third-order valence-electron chi connectivity index (χ3n) is 2.49. The molecule has 0 amide bonds. The molecule has 2 aromatic rings. The van der Waals surface area contributed by atoms with Gasteiger partial charge in [-0.15, -0.1) is 11.6 Å². The number of para-hydroxylation sites is 1. The first kappa shape index (κ1) is 13.2. The molecule has 0 fully saturated rings. The Labute approximate surface area is 115 Å². The van der Waals surface area contributed by atoms with Crippen molar-refractivity contribution in [2.45, 2.75) is 12.8 Å². The molecule has 0 N–H and O–H groups in total. The lowest BCUT2D eigenvalue weighted by molar-refractivity contribution is 0.438. The number of halogens is 3. The van der Waals surface area contributed by atoms with Crippen LogP contribution >= 0.6 is 23.2 Å². The smallest absolute Gasteiger partial charge is 0.167 e. The second kappa shape index (κ2) is 5.59. The Kier molecular flexibility index (Phi) is 4.10. The van der Waals surface area contributed by atoms with Gasteiger partial charge in [-0.25, -0.2) is 4.39 Å². The molecule has 0 aromatic heterocycles. The number of aryl methyl sites for hydroxylation is 1. The van der Waals surface area contributed by atoms with Crippen LogP contribution < -0.4 is 4.74 Å². The number of hydrogen-bond acceptors (Lipinski definition) is 1. The van der Waals surface area contributed by atoms with Crippen LogP contribution in [0.5, 0.6) is 11.5 Å². The summed E-state index contributed by atoms with van der Waals surface area (Å²) in [6.45, 7) is 1.91. The summed E-state index contributed by atoms with van der Waals surface area (Å²) in [5, 5.41) is 0.435. The fourth-order valence-electron chi connectivity index (χ4n) is 1.57. The molecule has 0 bridgehead atoms. The lowest BCUT2D eigenvalue weighted by atomic mass is 10.2. The Bertz CT molecular complexity index is 570. The van der Waals surface area contributed by atoms with Crippen LogP contribution in [0.2, 0.25) is 5.02 Å². The van der Waals surface area contributed by atoms with Crippen LogP contribution in [0.4, 0.5) is 4.39 Å². The van der Waals surface area contributed by atoms with Crippen molar-refractivity contribution < 1.29 is 9.13 Å². The van der Waals surface area contributed by atoms with Gasteiger partial charge in [-0.1, -0.05) is 29.8 Å². The summed E-state index contributed by atoms with van der Waals surface area (Å²) in [4.78, 5) is 0. The molecule has 2 aromatic carbocycles. The monoisotopic (exact) mass is 284 g/mol. The van der Waals surface area contributed by atoms with E-state index in [0.717, 1.165) is 5.56 Å². The molecule has 0 aliphatic heterocycles. The van der Waals surface area contributed by atoms with Gasteiger partial charge in [0.05, 0.1) is 10.9 Å². The summed E-state index contributed by atoms with van der Waals surface area (Å²) in [6, 6.07) is 9.97. The van der Waals surface area contributed by atoms with E-state index in [4.69, 9.17) is 27.9 Å². The van der Waals surface area contributed by atoms with Gasteiger partial charge in [0.15, 0.2) is 11.6 Å². The van der Waals surface area contributed by atoms with Crippen LogP contribution in [0.1, 0.15) is 11.1 Å². The maximum absolute atomic E-state index is 13.7. The molecular formula is C14H11Cl2FO. The molecule has 0 aliphatic carbocycles. The molecule has 18 heavy (non-hydrogen) atoms. The summed E-state index contributed by atoms with van der Waals surface area (Å²) in [5.41, 5.74) is 1.58. The minimum Gasteiger partial charge on any atom is -0.452 e. The number of benzene rings is 2. The standard InChI is InChI=1S/C14H11Cl2FO/c1-9-5-6-11(16)13(7-9)18-14-10(8-15)3-2-4-12(14)17/h2-7H,8H2,1H3. The van der Waals surface area contributed by atoms with Crippen molar-refractivity contribution in [3.8, 4) is 11.5 Å². The van der Waals surface area contributed by atoms with Gasteiger partial charge in [-0.05, 0) is 30.7 Å². The van der Waals surface area contributed by atoms with Crippen LogP contribution in [0, 0.1) is 12.7 Å². The van der Waals surface area contributed by atoms with Crippen LogP contribution in [-0.4, -0.2) is 0 Å². The molecule has 0 saturated heterocycles. The van der Waals surface area contributed by atoms with Crippen LogP contribution in [0.25, 0.3) is 0 Å². The average Bonchev–Trinajstić information content (AvgIpc) is 2.36. The van der Waals surface area contributed by atoms with E-state index in [1.165, 1.54) is 6.07 Å². The third kappa shape index (κ3) is 2.77. The molecule has 0 aliphatic rings. The Morgan fingerprint density at radius 1 is 1.22 bits per heavy atom. The molecule has 2 rings (SSSR count). The molecule has 0 saturated carbocycles. The average molecular weight is 285 g/mol. The predicted molar refractivity (Wildman–Crippen MR) is 72.2 cm³/mol. The van der Waals surface area contributed by atoms with E-state index in [-0.39, 0.29) is 11.6 Å². The Hall–Kier alpha value is -1.25. The molecule has 1 nitrogen and oxygen atoms in total. The first-order chi connectivity index (χ1) is 8.61. The minimum absolute atomic E-state index is 0.125. The number of ether oxygens (including phenoxy) is 1. The van der Waals surface area contributed by atoms with Crippen molar-refractivity contribution in [3.63, 3.8) is 0 Å². The summed E-state index contributed by atoms with van der Waals surface area (Å²) >= 11 is 11.8. The van der Waals surface area contributed by atoms with Crippen molar-refractivity contribution >= 4 is 23.2 Å². The van der Waals surface area contributed by atoms with Gasteiger partial charge >= 0.3 is 0 Å². The van der Waals surface area contributed by atoms with Crippen molar-refractivity contribution in [2.24, 2.45) is 0 Å². The van der Waals surface area contributed by atoms with Crippen molar-refractivity contribution in [3.05, 3.63) is 58.4 Å². The summed E-state index contributed by atoms with van der Waals surface area (Å²) in [5.74, 6) is 0.273. The summed E-state index contributed by atoms with van der Waals surface area (Å²) in [7, 11) is 0. The number of rotatable bonds is 3. The second-order valence-electron chi connectivity index (χ2n) is 3.90. The summed E-state index contributed by atoms with van der Waals surface area (Å²) < 4.78 is 19.3. The molecule has 0 atom stereocenters. The van der Waals surface area contributed by atoms with Crippen LogP contribution in [-0.2, 0) is 5.88 Å². The highest BCUT2D eigenvalue weighted by molar-refractivity contribution is 6.32. The van der Waals surface area contributed by atoms with Crippen LogP contribution in [0.3, 0.4) is 0 Å². The highest BCUT2D eigenvalue weighted by Crippen LogP contribution is 2.34. The van der Waals surface area contributed by atoms with E-state index in [2.05, 4.69) is 0 Å². The highest BCUT2D eigenvalue weighted by atomic mass is 35.5. The Balaban J connectivity index is 2.42. The van der Waals surface area contributed by atoms with E-state index >= 15 is 0 Å². The quantitative estimate of drug-likeness (QED) is 0.693. The molecule has 4 heteroatoms. The Morgan fingerprint density at radius 2 is 2.00 bits per heavy atom. The SMILES string of the molecule is Cc1ccc(Cl)c(Oc2c(F)cccc2CCl)c1. The van der Waals surface area contributed by atoms with E-state index in [1.807, 2.05) is 13.0 Å². The van der Waals surface area contributed by atoms with Crippen molar-refractivity contribution in [1.29, 1.82) is 0 Å². The van der Waals surface area contributed by atoms with Gasteiger partial charge in [-0.3, -0.25) is 0 Å². The topological polar surface area (TPSA) is 9.23 Å². The van der Waals surface area contributed by atoms with Gasteiger partial charge < -0.3 is 4.74 Å². The molecule has 94 valence electrons. The maximum atomic E-state index is 13.7. The maximum Gasteiger partial charge on any atom is 0.167 e. The zero-order chi connectivity index (χ0) is 13.1. The lowest BCUT2D eigenvalue weighted by Crippen LogP contribution is -1.94. The van der Waals surface area contributed by atoms with Crippen molar-refractivity contribution in [1.82, 2.24) is 0 Å². The fourth-order valence-corrected chi connectivity index (χ4v) is 1.94. The van der Waals surface area contributed by atoms with Crippen LogP contribution in [0.15, 0.2) is 36.4 Å². The molecule has 0 spiro atoms. The van der Waals surface area contributed by atoms with Gasteiger partial charge in [0.25, 0.3) is 0 Å². The lowest BCUT2D eigenvalue weighted by Gasteiger charge is -2.12. The third-order valence-corrected chi connectivity index (χ3v) is 3.09. The molecule has 0 radical (unpaired) electrons. The van der Waals surface area contributed by atoms with E-state index < -0.39 is 5.82 Å². The highest BCUT2D eigenvalue weighted by Gasteiger charge is 2.12. The minimum atomic E-state index is -0.453. The van der Waals surface area contributed by atoms with E-state index in [9.17, 15) is 4.39 Å². The normalized spacial score (nSPS) is 10.4.